The van der Waals surface area contributed by atoms with Gasteiger partial charge in [-0.3, -0.25) is 4.90 Å². The number of nitrogens with zero attached hydrogens (tertiary/aromatic N) is 5. The minimum absolute atomic E-state index is 0.0306. The Balaban J connectivity index is 1.51. The van der Waals surface area contributed by atoms with Crippen LogP contribution in [0, 0.1) is 12.7 Å². The third-order valence-corrected chi connectivity index (χ3v) is 8.53. The van der Waals surface area contributed by atoms with E-state index in [9.17, 15) is 22.0 Å². The highest BCUT2D eigenvalue weighted by Gasteiger charge is 2.49. The van der Waals surface area contributed by atoms with Crippen molar-refractivity contribution in [3.63, 3.8) is 0 Å². The lowest BCUT2D eigenvalue weighted by atomic mass is 9.95. The minimum atomic E-state index is -4.89. The van der Waals surface area contributed by atoms with Crippen molar-refractivity contribution in [2.24, 2.45) is 0 Å². The van der Waals surface area contributed by atoms with Crippen molar-refractivity contribution in [2.75, 3.05) is 43.4 Å². The van der Waals surface area contributed by atoms with Crippen LogP contribution in [0.15, 0.2) is 24.0 Å². The van der Waals surface area contributed by atoms with Crippen molar-refractivity contribution in [3.8, 4) is 17.3 Å². The SMILES string of the molecule is Cc1cc(N)nc(-c2c(Cl)cc3c(N4CCC=C(F)C4)nc(OCC45CCCN4CC(F)C5)nc3c2F)c1C(F)(F)F. The maximum absolute atomic E-state index is 16.4. The predicted octanol–water partition coefficient (Wildman–Crippen LogP) is 6.41. The fourth-order valence-corrected chi connectivity index (χ4v) is 6.73. The Morgan fingerprint density at radius 3 is 2.69 bits per heavy atom. The number of nitrogens with two attached hydrogens (primary N) is 1. The van der Waals surface area contributed by atoms with Crippen LogP contribution < -0.4 is 15.4 Å². The molecule has 0 saturated carbocycles. The van der Waals surface area contributed by atoms with Crippen LogP contribution in [-0.4, -0.2) is 64.3 Å². The first-order valence-corrected chi connectivity index (χ1v) is 13.9. The van der Waals surface area contributed by atoms with Gasteiger partial charge in [0.25, 0.3) is 0 Å². The van der Waals surface area contributed by atoms with E-state index in [0.717, 1.165) is 19.0 Å². The summed E-state index contributed by atoms with van der Waals surface area (Å²) in [7, 11) is 0. The number of ether oxygens (including phenoxy) is 1. The predicted molar refractivity (Wildman–Crippen MR) is 146 cm³/mol. The van der Waals surface area contributed by atoms with Crippen molar-refractivity contribution in [1.29, 1.82) is 0 Å². The molecule has 224 valence electrons. The highest BCUT2D eigenvalue weighted by Crippen LogP contribution is 2.45. The Morgan fingerprint density at radius 1 is 1.17 bits per heavy atom. The summed E-state index contributed by atoms with van der Waals surface area (Å²) >= 11 is 6.45. The monoisotopic (exact) mass is 612 g/mol. The zero-order valence-corrected chi connectivity index (χ0v) is 23.3. The van der Waals surface area contributed by atoms with Crippen LogP contribution in [-0.2, 0) is 6.18 Å². The van der Waals surface area contributed by atoms with Crippen molar-refractivity contribution in [1.82, 2.24) is 19.9 Å². The maximum Gasteiger partial charge on any atom is 0.418 e. The fraction of sp³-hybridized carbons (Fsp3) is 0.464. The summed E-state index contributed by atoms with van der Waals surface area (Å²) in [4.78, 5) is 16.1. The summed E-state index contributed by atoms with van der Waals surface area (Å²) in [6.07, 6.45) is -2.30. The van der Waals surface area contributed by atoms with Crippen molar-refractivity contribution in [2.45, 2.75) is 50.5 Å². The van der Waals surface area contributed by atoms with Crippen LogP contribution >= 0.6 is 11.6 Å². The molecule has 2 atom stereocenters. The van der Waals surface area contributed by atoms with Gasteiger partial charge in [0.2, 0.25) is 0 Å². The van der Waals surface area contributed by atoms with Crippen LogP contribution in [0.25, 0.3) is 22.2 Å². The van der Waals surface area contributed by atoms with E-state index in [0.29, 0.717) is 19.4 Å². The second-order valence-electron chi connectivity index (χ2n) is 11.1. The van der Waals surface area contributed by atoms with Crippen LogP contribution in [0.4, 0.5) is 38.0 Å². The van der Waals surface area contributed by atoms with Gasteiger partial charge < -0.3 is 15.4 Å². The maximum atomic E-state index is 16.4. The number of rotatable bonds is 5. The number of aryl methyl sites for hydroxylation is 1. The molecule has 0 spiro atoms. The number of benzene rings is 1. The molecule has 1 aromatic carbocycles. The van der Waals surface area contributed by atoms with E-state index in [4.69, 9.17) is 22.1 Å². The molecule has 3 aliphatic rings. The van der Waals surface area contributed by atoms with Crippen LogP contribution in [0.5, 0.6) is 6.01 Å². The summed E-state index contributed by atoms with van der Waals surface area (Å²) < 4.78 is 93.4. The van der Waals surface area contributed by atoms with Crippen molar-refractivity contribution in [3.05, 3.63) is 46.0 Å². The number of anilines is 2. The summed E-state index contributed by atoms with van der Waals surface area (Å²) in [6, 6.07) is 2.02. The number of pyridine rings is 1. The van der Waals surface area contributed by atoms with Gasteiger partial charge in [0.05, 0.1) is 33.9 Å². The topological polar surface area (TPSA) is 80.4 Å². The molecular formula is C28H27ClF6N6O. The highest BCUT2D eigenvalue weighted by molar-refractivity contribution is 6.34. The number of nitrogen functional groups attached to an aromatic ring is 1. The van der Waals surface area contributed by atoms with E-state index in [1.165, 1.54) is 19.1 Å². The molecule has 7 nitrogen and oxygen atoms in total. The molecule has 0 bridgehead atoms. The molecule has 5 heterocycles. The average Bonchev–Trinajstić information content (AvgIpc) is 3.42. The Kier molecular flexibility index (Phi) is 7.16. The third kappa shape index (κ3) is 5.00. The molecule has 14 heteroatoms. The number of aromatic nitrogens is 3. The zero-order chi connectivity index (χ0) is 30.0. The van der Waals surface area contributed by atoms with Crippen LogP contribution in [0.3, 0.4) is 0 Å². The number of halogens is 7. The molecule has 42 heavy (non-hydrogen) atoms. The number of alkyl halides is 4. The third-order valence-electron chi connectivity index (χ3n) is 8.24. The van der Waals surface area contributed by atoms with Gasteiger partial charge in [-0.25, -0.2) is 18.2 Å². The van der Waals surface area contributed by atoms with Gasteiger partial charge >= 0.3 is 12.2 Å². The normalized spacial score (nSPS) is 23.0. The van der Waals surface area contributed by atoms with Gasteiger partial charge in [-0.1, -0.05) is 11.6 Å². The molecule has 6 rings (SSSR count). The van der Waals surface area contributed by atoms with E-state index in [2.05, 4.69) is 15.0 Å². The Hall–Kier alpha value is -3.32. The van der Waals surface area contributed by atoms with Gasteiger partial charge in [-0.05, 0) is 56.5 Å². The molecule has 3 aliphatic heterocycles. The van der Waals surface area contributed by atoms with Gasteiger partial charge in [0.15, 0.2) is 5.82 Å². The van der Waals surface area contributed by atoms with Crippen molar-refractivity contribution >= 4 is 34.1 Å². The quantitative estimate of drug-likeness (QED) is 0.334. The van der Waals surface area contributed by atoms with E-state index >= 15 is 4.39 Å². The lowest BCUT2D eigenvalue weighted by Gasteiger charge is -2.31. The molecule has 2 N–H and O–H groups in total. The van der Waals surface area contributed by atoms with E-state index in [1.54, 1.807) is 4.90 Å². The summed E-state index contributed by atoms with van der Waals surface area (Å²) in [5.74, 6) is -1.76. The molecule has 0 amide bonds. The molecule has 0 aliphatic carbocycles. The van der Waals surface area contributed by atoms with Crippen LogP contribution in [0.1, 0.15) is 36.8 Å². The number of hydrogen-bond donors (Lipinski definition) is 1. The smallest absolute Gasteiger partial charge is 0.418 e. The largest absolute Gasteiger partial charge is 0.461 e. The molecule has 0 radical (unpaired) electrons. The molecule has 2 saturated heterocycles. The second kappa shape index (κ2) is 10.4. The Bertz CT molecular complexity index is 1600. The van der Waals surface area contributed by atoms with Crippen molar-refractivity contribution < 1.29 is 31.1 Å². The zero-order valence-electron chi connectivity index (χ0n) is 22.5. The van der Waals surface area contributed by atoms with Gasteiger partial charge in [-0.15, -0.1) is 0 Å². The average molecular weight is 613 g/mol. The fourth-order valence-electron chi connectivity index (χ4n) is 6.45. The van der Waals surface area contributed by atoms with Gasteiger partial charge in [0, 0.05) is 24.9 Å². The highest BCUT2D eigenvalue weighted by atomic mass is 35.5. The Labute approximate surface area is 242 Å². The Morgan fingerprint density at radius 2 is 1.95 bits per heavy atom. The first-order valence-electron chi connectivity index (χ1n) is 13.5. The summed E-state index contributed by atoms with van der Waals surface area (Å²) in [5.41, 5.74) is 1.96. The van der Waals surface area contributed by atoms with E-state index < -0.39 is 46.4 Å². The standard InChI is InChI=1S/C28H27ClF6N6O/c1-14-8-19(36)37-24(21(14)28(33,34)35)20-18(29)9-17-23(22(20)32)38-26(39-25(17)40-6-2-4-15(30)11-40)42-13-27-5-3-7-41(27)12-16(31)10-27/h4,8-9,16H,2-3,5-7,10-13H2,1H3,(H2,36,37). The molecule has 2 aromatic heterocycles. The lowest BCUT2D eigenvalue weighted by molar-refractivity contribution is -0.137. The molecule has 3 aromatic rings. The van der Waals surface area contributed by atoms with Gasteiger partial charge in [0.1, 0.15) is 35.8 Å². The molecule has 2 unspecified atom stereocenters. The number of hydrogen-bond acceptors (Lipinski definition) is 7. The van der Waals surface area contributed by atoms with Gasteiger partial charge in [-0.2, -0.15) is 23.1 Å². The first kappa shape index (κ1) is 28.8. The second-order valence-corrected chi connectivity index (χ2v) is 11.5. The summed E-state index contributed by atoms with van der Waals surface area (Å²) in [6.45, 7) is 2.40. The van der Waals surface area contributed by atoms with E-state index in [1.807, 2.05) is 4.90 Å². The van der Waals surface area contributed by atoms with Crippen LogP contribution in [0.2, 0.25) is 5.02 Å². The first-order chi connectivity index (χ1) is 19.9. The lowest BCUT2D eigenvalue weighted by Crippen LogP contribution is -2.43. The number of fused-ring (bicyclic) bond motifs is 2. The minimum Gasteiger partial charge on any atom is -0.461 e. The molecular weight excluding hydrogens is 586 g/mol. The van der Waals surface area contributed by atoms with E-state index in [-0.39, 0.29) is 65.3 Å². The molecule has 2 fully saturated rings. The summed E-state index contributed by atoms with van der Waals surface area (Å²) in [5, 5.41) is -0.321.